The zero-order valence-corrected chi connectivity index (χ0v) is 17.5. The topological polar surface area (TPSA) is 59.4 Å². The van der Waals surface area contributed by atoms with Crippen LogP contribution in [0.15, 0.2) is 6.07 Å². The number of likely N-dealkylation sites (tertiary alicyclic amines) is 1. The Morgan fingerprint density at radius 2 is 2.08 bits per heavy atom. The average molecular weight is 365 g/mol. The van der Waals surface area contributed by atoms with Crippen LogP contribution in [0.4, 0.5) is 4.79 Å². The van der Waals surface area contributed by atoms with Crippen LogP contribution in [0.2, 0.25) is 0 Å². The van der Waals surface area contributed by atoms with Gasteiger partial charge >= 0.3 is 6.09 Å². The highest BCUT2D eigenvalue weighted by atomic mass is 16.6. The Kier molecular flexibility index (Phi) is 6.72. The van der Waals surface area contributed by atoms with Crippen molar-refractivity contribution in [2.45, 2.75) is 85.5 Å². The molecule has 0 radical (unpaired) electrons. The first-order valence-corrected chi connectivity index (χ1v) is 9.81. The first-order valence-electron chi connectivity index (χ1n) is 9.81. The fraction of sp³-hybridized carbons (Fsp3) is 0.800. The predicted molar refractivity (Wildman–Crippen MR) is 104 cm³/mol. The van der Waals surface area contributed by atoms with E-state index in [0.29, 0.717) is 5.92 Å². The van der Waals surface area contributed by atoms with E-state index >= 15 is 0 Å². The molecule has 1 amide bonds. The number of nitrogens with zero attached hydrogens (tertiary/aromatic N) is 3. The smallest absolute Gasteiger partial charge is 0.410 e. The number of rotatable bonds is 6. The van der Waals surface area contributed by atoms with E-state index in [-0.39, 0.29) is 18.2 Å². The summed E-state index contributed by atoms with van der Waals surface area (Å²) in [5.41, 5.74) is 1.82. The van der Waals surface area contributed by atoms with E-state index in [1.165, 1.54) is 5.69 Å². The van der Waals surface area contributed by atoms with Gasteiger partial charge in [-0.2, -0.15) is 5.10 Å². The molecule has 0 saturated carbocycles. The molecular formula is C20H36N4O2. The standard InChI is InChI=1S/C20H36N4O2/c1-14(13-24-16(3)11-15(2)22-24)12-21-17(4)18-9-8-10-23(18)19(25)26-20(5,6)7/h11,14,17-18,21H,8-10,12-13H2,1-7H3/t14-,17-,18-/m1/s1. The minimum Gasteiger partial charge on any atom is -0.444 e. The van der Waals surface area contributed by atoms with Gasteiger partial charge in [-0.05, 0) is 72.9 Å². The normalized spacial score (nSPS) is 20.3. The van der Waals surface area contributed by atoms with E-state index in [1.807, 2.05) is 32.6 Å². The highest BCUT2D eigenvalue weighted by Gasteiger charge is 2.35. The van der Waals surface area contributed by atoms with Gasteiger partial charge in [-0.1, -0.05) is 6.92 Å². The summed E-state index contributed by atoms with van der Waals surface area (Å²) in [5.74, 6) is 0.465. The molecule has 0 unspecified atom stereocenters. The second-order valence-electron chi connectivity index (χ2n) is 8.79. The van der Waals surface area contributed by atoms with Crippen LogP contribution in [0.5, 0.6) is 0 Å². The number of amides is 1. The Morgan fingerprint density at radius 3 is 2.65 bits per heavy atom. The second kappa shape index (κ2) is 8.42. The number of nitrogens with one attached hydrogen (secondary N) is 1. The van der Waals surface area contributed by atoms with Gasteiger partial charge in [0.25, 0.3) is 0 Å². The summed E-state index contributed by atoms with van der Waals surface area (Å²) in [7, 11) is 0. The van der Waals surface area contributed by atoms with Crippen LogP contribution in [0.1, 0.15) is 58.8 Å². The SMILES string of the molecule is Cc1cc(C)n(C[C@H](C)CN[C@H](C)[C@H]2CCCN2C(=O)OC(C)(C)C)n1. The maximum absolute atomic E-state index is 12.5. The molecule has 1 aliphatic rings. The van der Waals surface area contributed by atoms with Gasteiger partial charge in [0.2, 0.25) is 0 Å². The predicted octanol–water partition coefficient (Wildman–Crippen LogP) is 3.51. The van der Waals surface area contributed by atoms with Gasteiger partial charge < -0.3 is 15.0 Å². The van der Waals surface area contributed by atoms with E-state index in [0.717, 1.165) is 38.2 Å². The summed E-state index contributed by atoms with van der Waals surface area (Å²) in [6, 6.07) is 2.55. The van der Waals surface area contributed by atoms with Gasteiger partial charge in [0.1, 0.15) is 5.60 Å². The zero-order valence-electron chi connectivity index (χ0n) is 17.5. The Bertz CT molecular complexity index is 605. The maximum atomic E-state index is 12.5. The minimum absolute atomic E-state index is 0.190. The lowest BCUT2D eigenvalue weighted by Gasteiger charge is -2.32. The fourth-order valence-electron chi connectivity index (χ4n) is 3.60. The molecule has 0 bridgehead atoms. The molecule has 0 aromatic carbocycles. The number of hydrogen-bond acceptors (Lipinski definition) is 4. The van der Waals surface area contributed by atoms with Crippen LogP contribution in [-0.2, 0) is 11.3 Å². The third-order valence-corrected chi connectivity index (χ3v) is 4.88. The monoisotopic (exact) mass is 364 g/mol. The maximum Gasteiger partial charge on any atom is 0.410 e. The molecule has 1 aromatic heterocycles. The molecule has 1 saturated heterocycles. The minimum atomic E-state index is -0.449. The van der Waals surface area contributed by atoms with Crippen LogP contribution in [0.3, 0.4) is 0 Å². The van der Waals surface area contributed by atoms with Crippen molar-refractivity contribution in [1.82, 2.24) is 20.0 Å². The number of hydrogen-bond donors (Lipinski definition) is 1. The van der Waals surface area contributed by atoms with Crippen LogP contribution >= 0.6 is 0 Å². The molecule has 3 atom stereocenters. The number of carbonyl (C=O) groups excluding carboxylic acids is 1. The molecule has 148 valence electrons. The Morgan fingerprint density at radius 1 is 1.38 bits per heavy atom. The lowest BCUT2D eigenvalue weighted by Crippen LogP contribution is -2.49. The van der Waals surface area contributed by atoms with Crippen LogP contribution in [-0.4, -0.2) is 51.5 Å². The van der Waals surface area contributed by atoms with E-state index in [4.69, 9.17) is 4.74 Å². The van der Waals surface area contributed by atoms with Crippen molar-refractivity contribution in [3.05, 3.63) is 17.5 Å². The first kappa shape index (κ1) is 20.7. The molecule has 26 heavy (non-hydrogen) atoms. The van der Waals surface area contributed by atoms with Crippen molar-refractivity contribution in [3.8, 4) is 0 Å². The molecule has 6 nitrogen and oxygen atoms in total. The molecule has 1 aromatic rings. The summed E-state index contributed by atoms with van der Waals surface area (Å²) < 4.78 is 7.65. The van der Waals surface area contributed by atoms with Crippen LogP contribution in [0, 0.1) is 19.8 Å². The molecular weight excluding hydrogens is 328 g/mol. The van der Waals surface area contributed by atoms with Crippen molar-refractivity contribution < 1.29 is 9.53 Å². The number of carbonyl (C=O) groups is 1. The van der Waals surface area contributed by atoms with Crippen LogP contribution in [0.25, 0.3) is 0 Å². The van der Waals surface area contributed by atoms with Gasteiger partial charge in [0, 0.05) is 24.8 Å². The summed E-state index contributed by atoms with van der Waals surface area (Å²) >= 11 is 0. The summed E-state index contributed by atoms with van der Waals surface area (Å²) in [6.45, 7) is 16.9. The molecule has 2 heterocycles. The molecule has 1 aliphatic heterocycles. The van der Waals surface area contributed by atoms with Gasteiger partial charge in [-0.15, -0.1) is 0 Å². The first-order chi connectivity index (χ1) is 12.1. The Hall–Kier alpha value is -1.56. The van der Waals surface area contributed by atoms with Gasteiger partial charge in [0.15, 0.2) is 0 Å². The fourth-order valence-corrected chi connectivity index (χ4v) is 3.60. The number of aryl methyl sites for hydroxylation is 2. The zero-order chi connectivity index (χ0) is 19.5. The largest absolute Gasteiger partial charge is 0.444 e. The van der Waals surface area contributed by atoms with Gasteiger partial charge in [-0.3, -0.25) is 4.68 Å². The van der Waals surface area contributed by atoms with Crippen molar-refractivity contribution in [1.29, 1.82) is 0 Å². The third kappa shape index (κ3) is 5.73. The lowest BCUT2D eigenvalue weighted by molar-refractivity contribution is 0.0200. The second-order valence-corrected chi connectivity index (χ2v) is 8.79. The van der Waals surface area contributed by atoms with Crippen molar-refractivity contribution in [2.24, 2.45) is 5.92 Å². The highest BCUT2D eigenvalue weighted by molar-refractivity contribution is 5.69. The van der Waals surface area contributed by atoms with Crippen molar-refractivity contribution in [3.63, 3.8) is 0 Å². The average Bonchev–Trinajstić information content (AvgIpc) is 3.10. The van der Waals surface area contributed by atoms with Gasteiger partial charge in [-0.25, -0.2) is 4.79 Å². The molecule has 1 N–H and O–H groups in total. The van der Waals surface area contributed by atoms with E-state index in [2.05, 4.69) is 41.9 Å². The van der Waals surface area contributed by atoms with Crippen molar-refractivity contribution in [2.75, 3.05) is 13.1 Å². The third-order valence-electron chi connectivity index (χ3n) is 4.88. The summed E-state index contributed by atoms with van der Waals surface area (Å²) in [6.07, 6.45) is 1.88. The molecule has 1 fully saturated rings. The number of ether oxygens (including phenoxy) is 1. The Balaban J connectivity index is 1.85. The van der Waals surface area contributed by atoms with E-state index in [1.54, 1.807) is 0 Å². The molecule has 0 spiro atoms. The molecule has 2 rings (SSSR count). The summed E-state index contributed by atoms with van der Waals surface area (Å²) in [5, 5.41) is 8.17. The van der Waals surface area contributed by atoms with E-state index in [9.17, 15) is 4.79 Å². The van der Waals surface area contributed by atoms with Gasteiger partial charge in [0.05, 0.1) is 11.7 Å². The Labute approximate surface area is 158 Å². The van der Waals surface area contributed by atoms with Crippen molar-refractivity contribution >= 4 is 6.09 Å². The summed E-state index contributed by atoms with van der Waals surface area (Å²) in [4.78, 5) is 14.4. The highest BCUT2D eigenvalue weighted by Crippen LogP contribution is 2.23. The quantitative estimate of drug-likeness (QED) is 0.839. The van der Waals surface area contributed by atoms with Crippen LogP contribution < -0.4 is 5.32 Å². The lowest BCUT2D eigenvalue weighted by atomic mass is 10.1. The molecule has 6 heteroatoms. The number of aromatic nitrogens is 2. The van der Waals surface area contributed by atoms with E-state index < -0.39 is 5.60 Å². The molecule has 0 aliphatic carbocycles.